The number of aryl methyl sites for hydroxylation is 1. The fourth-order valence-electron chi connectivity index (χ4n) is 3.35. The second-order valence-corrected chi connectivity index (χ2v) is 7.02. The first-order chi connectivity index (χ1) is 12.1. The number of likely N-dealkylation sites (N-methyl/N-ethyl adjacent to an activating group) is 1. The summed E-state index contributed by atoms with van der Waals surface area (Å²) >= 11 is 0. The lowest BCUT2D eigenvalue weighted by molar-refractivity contribution is 0.142. The number of hydrogen-bond acceptors (Lipinski definition) is 3. The molecule has 0 radical (unpaired) electrons. The van der Waals surface area contributed by atoms with E-state index in [0.717, 1.165) is 50.4 Å². The van der Waals surface area contributed by atoms with Crippen molar-refractivity contribution in [2.45, 2.75) is 19.5 Å². The maximum absolute atomic E-state index is 13.3. The number of halogens is 1. The van der Waals surface area contributed by atoms with Crippen molar-refractivity contribution in [3.8, 4) is 0 Å². The van der Waals surface area contributed by atoms with Crippen LogP contribution in [0, 0.1) is 12.7 Å². The fourth-order valence-corrected chi connectivity index (χ4v) is 3.35. The molecular weight excluding hydrogens is 313 g/mol. The molecule has 1 heterocycles. The summed E-state index contributed by atoms with van der Waals surface area (Å²) in [6.45, 7) is 8.18. The molecule has 1 fully saturated rings. The zero-order chi connectivity index (χ0) is 17.6. The molecule has 0 aliphatic carbocycles. The Bertz CT molecular complexity index is 666. The number of nitrogens with one attached hydrogen (secondary N) is 1. The van der Waals surface area contributed by atoms with Crippen LogP contribution in [-0.2, 0) is 6.54 Å². The van der Waals surface area contributed by atoms with E-state index in [4.69, 9.17) is 0 Å². The number of hydrogen-bond donors (Lipinski definition) is 1. The van der Waals surface area contributed by atoms with Gasteiger partial charge in [-0.2, -0.15) is 0 Å². The predicted octanol–water partition coefficient (Wildman–Crippen LogP) is 3.21. The van der Waals surface area contributed by atoms with E-state index in [1.807, 2.05) is 13.0 Å². The number of rotatable bonds is 6. The molecule has 1 aliphatic heterocycles. The van der Waals surface area contributed by atoms with Gasteiger partial charge in [0.25, 0.3) is 0 Å². The van der Waals surface area contributed by atoms with Crippen LogP contribution in [0.5, 0.6) is 0 Å². The number of benzene rings is 2. The van der Waals surface area contributed by atoms with Gasteiger partial charge in [-0.3, -0.25) is 4.90 Å². The maximum Gasteiger partial charge on any atom is 0.123 e. The molecule has 1 atom stereocenters. The Hall–Kier alpha value is -1.75. The third-order valence-corrected chi connectivity index (χ3v) is 5.08. The summed E-state index contributed by atoms with van der Waals surface area (Å²) in [6.07, 6.45) is 0. The Labute approximate surface area is 150 Å². The van der Waals surface area contributed by atoms with Crippen LogP contribution >= 0.6 is 0 Å². The fraction of sp³-hybridized carbons (Fsp3) is 0.429. The van der Waals surface area contributed by atoms with Gasteiger partial charge in [-0.25, -0.2) is 4.39 Å². The number of piperazine rings is 1. The molecule has 1 N–H and O–H groups in total. The minimum atomic E-state index is -0.168. The number of nitrogens with zero attached hydrogens (tertiary/aromatic N) is 2. The Balaban J connectivity index is 1.68. The highest BCUT2D eigenvalue weighted by atomic mass is 19.1. The van der Waals surface area contributed by atoms with Crippen LogP contribution < -0.4 is 5.32 Å². The zero-order valence-electron chi connectivity index (χ0n) is 15.2. The molecule has 2 aromatic carbocycles. The highest BCUT2D eigenvalue weighted by molar-refractivity contribution is 5.27. The average Bonchev–Trinajstić information content (AvgIpc) is 2.62. The maximum atomic E-state index is 13.3. The van der Waals surface area contributed by atoms with Gasteiger partial charge in [0, 0.05) is 45.3 Å². The summed E-state index contributed by atoms with van der Waals surface area (Å²) in [5.41, 5.74) is 3.46. The summed E-state index contributed by atoms with van der Waals surface area (Å²) in [6, 6.07) is 15.9. The minimum absolute atomic E-state index is 0.168. The van der Waals surface area contributed by atoms with Crippen LogP contribution in [0.4, 0.5) is 4.39 Å². The van der Waals surface area contributed by atoms with E-state index in [2.05, 4.69) is 52.5 Å². The van der Waals surface area contributed by atoms with Crippen LogP contribution in [0.15, 0.2) is 48.5 Å². The highest BCUT2D eigenvalue weighted by Crippen LogP contribution is 2.17. The summed E-state index contributed by atoms with van der Waals surface area (Å²) in [7, 11) is 2.18. The largest absolute Gasteiger partial charge is 0.305 e. The summed E-state index contributed by atoms with van der Waals surface area (Å²) in [4.78, 5) is 4.91. The Morgan fingerprint density at radius 3 is 2.44 bits per heavy atom. The van der Waals surface area contributed by atoms with E-state index in [-0.39, 0.29) is 11.9 Å². The zero-order valence-corrected chi connectivity index (χ0v) is 15.2. The molecule has 0 amide bonds. The molecule has 0 saturated carbocycles. The normalized spacial score (nSPS) is 17.6. The van der Waals surface area contributed by atoms with Gasteiger partial charge in [0.2, 0.25) is 0 Å². The molecule has 0 unspecified atom stereocenters. The predicted molar refractivity (Wildman–Crippen MR) is 101 cm³/mol. The van der Waals surface area contributed by atoms with Crippen molar-refractivity contribution in [1.82, 2.24) is 15.1 Å². The van der Waals surface area contributed by atoms with Crippen LogP contribution in [0.25, 0.3) is 0 Å². The van der Waals surface area contributed by atoms with Gasteiger partial charge in [-0.05, 0) is 42.8 Å². The van der Waals surface area contributed by atoms with Crippen molar-refractivity contribution in [3.05, 3.63) is 71.0 Å². The van der Waals surface area contributed by atoms with Gasteiger partial charge < -0.3 is 10.2 Å². The van der Waals surface area contributed by atoms with Crippen molar-refractivity contribution in [2.75, 3.05) is 39.8 Å². The van der Waals surface area contributed by atoms with Crippen LogP contribution in [0.3, 0.4) is 0 Å². The van der Waals surface area contributed by atoms with E-state index < -0.39 is 0 Å². The standard InChI is InChI=1S/C21H28FN3/c1-17-14-20(22)9-8-19(17)15-23-21(18-6-4-3-5-7-18)16-25-12-10-24(2)11-13-25/h3-9,14,21,23H,10-13,15-16H2,1-2H3/t21-/m0/s1. The summed E-state index contributed by atoms with van der Waals surface area (Å²) in [5.74, 6) is -0.168. The van der Waals surface area contributed by atoms with Crippen molar-refractivity contribution >= 4 is 0 Å². The molecule has 0 aromatic heterocycles. The first-order valence-corrected chi connectivity index (χ1v) is 9.06. The van der Waals surface area contributed by atoms with Gasteiger partial charge in [0.1, 0.15) is 5.82 Å². The quantitative estimate of drug-likeness (QED) is 0.870. The van der Waals surface area contributed by atoms with Gasteiger partial charge in [0.15, 0.2) is 0 Å². The molecule has 0 spiro atoms. The molecule has 4 heteroatoms. The SMILES string of the molecule is Cc1cc(F)ccc1CN[C@@H](CN1CCN(C)CC1)c1ccccc1. The van der Waals surface area contributed by atoms with Crippen LogP contribution in [0.1, 0.15) is 22.7 Å². The van der Waals surface area contributed by atoms with Gasteiger partial charge >= 0.3 is 0 Å². The molecule has 3 nitrogen and oxygen atoms in total. The van der Waals surface area contributed by atoms with Gasteiger partial charge in [0.05, 0.1) is 0 Å². The molecule has 134 valence electrons. The third-order valence-electron chi connectivity index (χ3n) is 5.08. The lowest BCUT2D eigenvalue weighted by Gasteiger charge is -2.35. The van der Waals surface area contributed by atoms with Crippen molar-refractivity contribution in [2.24, 2.45) is 0 Å². The first kappa shape index (κ1) is 18.1. The molecule has 0 bridgehead atoms. The molecule has 3 rings (SSSR count). The van der Waals surface area contributed by atoms with E-state index >= 15 is 0 Å². The smallest absolute Gasteiger partial charge is 0.123 e. The van der Waals surface area contributed by atoms with Crippen LogP contribution in [-0.4, -0.2) is 49.6 Å². The lowest BCUT2D eigenvalue weighted by atomic mass is 10.0. The second kappa shape index (κ2) is 8.56. The Morgan fingerprint density at radius 1 is 1.04 bits per heavy atom. The van der Waals surface area contributed by atoms with Crippen LogP contribution in [0.2, 0.25) is 0 Å². The Morgan fingerprint density at radius 2 is 1.76 bits per heavy atom. The third kappa shape index (κ3) is 5.11. The van der Waals surface area contributed by atoms with E-state index in [1.165, 1.54) is 5.56 Å². The summed E-state index contributed by atoms with van der Waals surface area (Å²) in [5, 5.41) is 3.69. The molecule has 1 aliphatic rings. The Kier molecular flexibility index (Phi) is 6.19. The van der Waals surface area contributed by atoms with Crippen molar-refractivity contribution in [1.29, 1.82) is 0 Å². The summed E-state index contributed by atoms with van der Waals surface area (Å²) < 4.78 is 13.3. The molecule has 1 saturated heterocycles. The van der Waals surface area contributed by atoms with Crippen molar-refractivity contribution in [3.63, 3.8) is 0 Å². The van der Waals surface area contributed by atoms with Crippen molar-refractivity contribution < 1.29 is 4.39 Å². The molecular formula is C21H28FN3. The van der Waals surface area contributed by atoms with Gasteiger partial charge in [-0.1, -0.05) is 36.4 Å². The monoisotopic (exact) mass is 341 g/mol. The van der Waals surface area contributed by atoms with E-state index in [0.29, 0.717) is 0 Å². The molecule has 2 aromatic rings. The first-order valence-electron chi connectivity index (χ1n) is 9.06. The molecule has 25 heavy (non-hydrogen) atoms. The minimum Gasteiger partial charge on any atom is -0.305 e. The highest BCUT2D eigenvalue weighted by Gasteiger charge is 2.19. The topological polar surface area (TPSA) is 18.5 Å². The average molecular weight is 341 g/mol. The lowest BCUT2D eigenvalue weighted by Crippen LogP contribution is -2.47. The van der Waals surface area contributed by atoms with E-state index in [1.54, 1.807) is 12.1 Å². The second-order valence-electron chi connectivity index (χ2n) is 7.02. The van der Waals surface area contributed by atoms with E-state index in [9.17, 15) is 4.39 Å². The van der Waals surface area contributed by atoms with Gasteiger partial charge in [-0.15, -0.1) is 0 Å².